The van der Waals surface area contributed by atoms with Crippen LogP contribution in [-0.4, -0.2) is 96.6 Å². The summed E-state index contributed by atoms with van der Waals surface area (Å²) in [4.78, 5) is 20.2. The lowest BCUT2D eigenvalue weighted by atomic mass is 10.0. The molecule has 2 aromatic rings. The van der Waals surface area contributed by atoms with Gasteiger partial charge in [0.15, 0.2) is 0 Å². The van der Waals surface area contributed by atoms with Gasteiger partial charge in [-0.2, -0.15) is 0 Å². The van der Waals surface area contributed by atoms with E-state index in [0.29, 0.717) is 6.04 Å². The summed E-state index contributed by atoms with van der Waals surface area (Å²) in [6, 6.07) is 18.3. The van der Waals surface area contributed by atoms with E-state index in [0.717, 1.165) is 37.5 Å². The minimum absolute atomic E-state index is 0.709. The fraction of sp³-hybridized carbons (Fsp3) is 0.567. The summed E-state index contributed by atoms with van der Waals surface area (Å²) < 4.78 is 0. The van der Waals surface area contributed by atoms with E-state index >= 15 is 0 Å². The van der Waals surface area contributed by atoms with Crippen molar-refractivity contribution in [1.29, 1.82) is 0 Å². The van der Waals surface area contributed by atoms with E-state index in [1.807, 2.05) is 31.3 Å². The van der Waals surface area contributed by atoms with Crippen LogP contribution in [0.1, 0.15) is 41.6 Å². The molecule has 2 aliphatic heterocycles. The molecule has 2 aliphatic rings. The molecule has 3 N–H and O–H groups in total. The Morgan fingerprint density at radius 2 is 1.14 bits per heavy atom. The number of carbonyl (C=O) groups excluding carboxylic acids is 1. The molecule has 2 aromatic carbocycles. The Balaban J connectivity index is 0.000000244. The topological polar surface area (TPSA) is 68.1 Å². The van der Waals surface area contributed by atoms with E-state index in [4.69, 9.17) is 0 Å². The summed E-state index contributed by atoms with van der Waals surface area (Å²) in [6.45, 7) is 5.50. The number of nitrogens with one attached hydrogen (secondary N) is 1. The van der Waals surface area contributed by atoms with Gasteiger partial charge in [0.2, 0.25) is 0 Å². The van der Waals surface area contributed by atoms with Crippen LogP contribution in [0.25, 0.3) is 0 Å². The minimum Gasteiger partial charge on any atom is -0.371 e. The molecule has 0 aromatic heterocycles. The van der Waals surface area contributed by atoms with Gasteiger partial charge in [-0.1, -0.05) is 12.1 Å². The van der Waals surface area contributed by atoms with Gasteiger partial charge >= 0.3 is 0 Å². The van der Waals surface area contributed by atoms with E-state index in [9.17, 15) is 4.79 Å². The largest absolute Gasteiger partial charge is 0.371 e. The van der Waals surface area contributed by atoms with E-state index in [1.54, 1.807) is 0 Å². The van der Waals surface area contributed by atoms with Crippen molar-refractivity contribution < 1.29 is 4.79 Å². The molecule has 0 saturated carbocycles. The van der Waals surface area contributed by atoms with E-state index < -0.39 is 0 Å². The zero-order chi connectivity index (χ0) is 27.2. The molecule has 0 radical (unpaired) electrons. The van der Waals surface area contributed by atoms with Crippen LogP contribution in [0.5, 0.6) is 0 Å². The highest BCUT2D eigenvalue weighted by Crippen LogP contribution is 2.23. The van der Waals surface area contributed by atoms with E-state index in [-0.39, 0.29) is 0 Å². The lowest BCUT2D eigenvalue weighted by Crippen LogP contribution is -2.41. The highest BCUT2D eigenvalue weighted by molar-refractivity contribution is 5.75. The molecule has 37 heavy (non-hydrogen) atoms. The van der Waals surface area contributed by atoms with Crippen LogP contribution >= 0.6 is 0 Å². The molecule has 2 fully saturated rings. The molecule has 2 saturated heterocycles. The van der Waals surface area contributed by atoms with Crippen LogP contribution < -0.4 is 20.9 Å². The Morgan fingerprint density at radius 1 is 0.757 bits per heavy atom. The summed E-state index contributed by atoms with van der Waals surface area (Å²) in [5, 5.41) is 3.18. The average Bonchev–Trinajstić information content (AvgIpc) is 2.95. The average molecular weight is 511 g/mol. The normalized spacial score (nSPS) is 16.7. The molecular weight excluding hydrogens is 460 g/mol. The molecule has 0 atom stereocenters. The van der Waals surface area contributed by atoms with Gasteiger partial charge in [0, 0.05) is 61.7 Å². The maximum absolute atomic E-state index is 10.6. The monoisotopic (exact) mass is 510 g/mol. The number of carbonyl (C=O) groups is 1. The first kappa shape index (κ1) is 30.8. The zero-order valence-electron chi connectivity index (χ0n) is 24.0. The third kappa shape index (κ3) is 9.74. The SMILES string of the molecule is CN.CN(C)C1CCN(c2ccc(C=O)cc2)CC1.CNCc1ccc(N2CCC(N(C)C)CC2)cc1. The number of nitrogens with two attached hydrogens (primary N) is 1. The Hall–Kier alpha value is -2.45. The van der Waals surface area contributed by atoms with Crippen molar-refractivity contribution in [1.82, 2.24) is 15.1 Å². The first-order chi connectivity index (χ1) is 17.9. The standard InChI is InChI=1S/C15H25N3.C14H20N2O.CH5N/c1-16-12-13-4-6-15(7-5-13)18-10-8-14(9-11-18)17(2)3;1-15(2)13-7-9-16(10-8-13)14-5-3-12(11-17)4-6-14;1-2/h4-7,14,16H,8-12H2,1-3H3;3-6,11,13H,7-10H2,1-2H3;2H2,1H3. The van der Waals surface area contributed by atoms with Gasteiger partial charge in [-0.25, -0.2) is 0 Å². The van der Waals surface area contributed by atoms with E-state index in [1.165, 1.54) is 62.8 Å². The number of hydrogen-bond acceptors (Lipinski definition) is 7. The van der Waals surface area contributed by atoms with Crippen LogP contribution in [0.2, 0.25) is 0 Å². The Bertz CT molecular complexity index is 868. The first-order valence-electron chi connectivity index (χ1n) is 13.6. The lowest BCUT2D eigenvalue weighted by molar-refractivity contribution is 0.112. The smallest absolute Gasteiger partial charge is 0.150 e. The molecule has 0 unspecified atom stereocenters. The summed E-state index contributed by atoms with van der Waals surface area (Å²) in [7, 11) is 12.2. The second-order valence-electron chi connectivity index (χ2n) is 10.3. The zero-order valence-corrected chi connectivity index (χ0v) is 24.0. The van der Waals surface area contributed by atoms with Crippen LogP contribution in [0.4, 0.5) is 11.4 Å². The van der Waals surface area contributed by atoms with Gasteiger partial charge in [0.05, 0.1) is 0 Å². The molecule has 7 heteroatoms. The number of piperidine rings is 2. The predicted molar refractivity (Wildman–Crippen MR) is 159 cm³/mol. The number of benzene rings is 2. The highest BCUT2D eigenvalue weighted by Gasteiger charge is 2.21. The van der Waals surface area contributed by atoms with Gasteiger partial charge in [-0.3, -0.25) is 4.79 Å². The van der Waals surface area contributed by atoms with Gasteiger partial charge in [0.25, 0.3) is 0 Å². The number of nitrogens with zero attached hydrogens (tertiary/aromatic N) is 4. The van der Waals surface area contributed by atoms with Gasteiger partial charge in [0.1, 0.15) is 6.29 Å². The fourth-order valence-electron chi connectivity index (χ4n) is 5.07. The van der Waals surface area contributed by atoms with Crippen molar-refractivity contribution in [3.8, 4) is 0 Å². The van der Waals surface area contributed by atoms with Gasteiger partial charge in [-0.05, 0) is 110 Å². The lowest BCUT2D eigenvalue weighted by Gasteiger charge is -2.36. The third-order valence-corrected chi connectivity index (χ3v) is 7.47. The summed E-state index contributed by atoms with van der Waals surface area (Å²) in [5.41, 5.74) is 9.20. The minimum atomic E-state index is 0.709. The van der Waals surface area contributed by atoms with Gasteiger partial charge in [-0.15, -0.1) is 0 Å². The fourth-order valence-corrected chi connectivity index (χ4v) is 5.07. The molecule has 4 rings (SSSR count). The predicted octanol–water partition coefficient (Wildman–Crippen LogP) is 3.54. The second kappa shape index (κ2) is 16.4. The molecular formula is C30H50N6O. The van der Waals surface area contributed by atoms with Gasteiger partial charge < -0.3 is 30.7 Å². The maximum Gasteiger partial charge on any atom is 0.150 e. The molecule has 0 amide bonds. The van der Waals surface area contributed by atoms with Crippen LogP contribution in [-0.2, 0) is 6.54 Å². The van der Waals surface area contributed by atoms with Crippen LogP contribution in [0.15, 0.2) is 48.5 Å². The Morgan fingerprint density at radius 3 is 1.46 bits per heavy atom. The van der Waals surface area contributed by atoms with Crippen molar-refractivity contribution in [2.75, 3.05) is 78.3 Å². The quantitative estimate of drug-likeness (QED) is 0.552. The Labute approximate surface area is 225 Å². The van der Waals surface area contributed by atoms with Crippen molar-refractivity contribution in [3.63, 3.8) is 0 Å². The summed E-state index contributed by atoms with van der Waals surface area (Å²) in [6.07, 6.45) is 5.85. The van der Waals surface area contributed by atoms with Crippen molar-refractivity contribution >= 4 is 17.7 Å². The second-order valence-corrected chi connectivity index (χ2v) is 10.3. The van der Waals surface area contributed by atoms with Crippen LogP contribution in [0.3, 0.4) is 0 Å². The number of anilines is 2. The number of aldehydes is 1. The van der Waals surface area contributed by atoms with E-state index in [2.05, 4.69) is 83.1 Å². The van der Waals surface area contributed by atoms with Crippen molar-refractivity contribution in [3.05, 3.63) is 59.7 Å². The van der Waals surface area contributed by atoms with Crippen LogP contribution in [0, 0.1) is 0 Å². The van der Waals surface area contributed by atoms with Crippen molar-refractivity contribution in [2.45, 2.75) is 44.3 Å². The molecule has 2 heterocycles. The first-order valence-corrected chi connectivity index (χ1v) is 13.6. The molecule has 0 aliphatic carbocycles. The molecule has 0 spiro atoms. The highest BCUT2D eigenvalue weighted by atomic mass is 16.1. The summed E-state index contributed by atoms with van der Waals surface area (Å²) >= 11 is 0. The molecule has 206 valence electrons. The number of rotatable bonds is 7. The number of hydrogen-bond donors (Lipinski definition) is 2. The maximum atomic E-state index is 10.6. The third-order valence-electron chi connectivity index (χ3n) is 7.47. The Kier molecular flexibility index (Phi) is 13.6. The molecule has 7 nitrogen and oxygen atoms in total. The van der Waals surface area contributed by atoms with Crippen molar-refractivity contribution in [2.24, 2.45) is 5.73 Å². The summed E-state index contributed by atoms with van der Waals surface area (Å²) in [5.74, 6) is 0. The molecule has 0 bridgehead atoms.